The molecule has 1 heterocycles. The fourth-order valence-electron chi connectivity index (χ4n) is 2.15. The number of anilines is 1. The van der Waals surface area contributed by atoms with Crippen LogP contribution in [-0.4, -0.2) is 16.0 Å². The fraction of sp³-hybridized carbons (Fsp3) is 0.118. The van der Waals surface area contributed by atoms with Gasteiger partial charge in [-0.25, -0.2) is 0 Å². The summed E-state index contributed by atoms with van der Waals surface area (Å²) in [6.45, 7) is 1.92. The van der Waals surface area contributed by atoms with Crippen LogP contribution in [0.3, 0.4) is 0 Å². The van der Waals surface area contributed by atoms with Gasteiger partial charge in [-0.05, 0) is 36.8 Å². The van der Waals surface area contributed by atoms with Crippen molar-refractivity contribution in [2.75, 3.05) is 5.43 Å². The van der Waals surface area contributed by atoms with E-state index in [9.17, 15) is 18.0 Å². The predicted octanol–water partition coefficient (Wildman–Crippen LogP) is 3.82. The number of nitrogens with zero attached hydrogens (tertiary/aromatic N) is 2. The van der Waals surface area contributed by atoms with Gasteiger partial charge in [-0.2, -0.15) is 18.2 Å². The Kier molecular flexibility index (Phi) is 4.61. The van der Waals surface area contributed by atoms with Gasteiger partial charge in [0.15, 0.2) is 0 Å². The zero-order valence-electron chi connectivity index (χ0n) is 13.5. The average molecular weight is 362 g/mol. The average Bonchev–Trinajstić information content (AvgIpc) is 3.10. The molecule has 9 heteroatoms. The van der Waals surface area contributed by atoms with Crippen LogP contribution in [0.5, 0.6) is 0 Å². The van der Waals surface area contributed by atoms with Crippen LogP contribution in [0.1, 0.15) is 21.8 Å². The van der Waals surface area contributed by atoms with E-state index in [4.69, 9.17) is 0 Å². The van der Waals surface area contributed by atoms with Crippen LogP contribution in [0.4, 0.5) is 18.9 Å². The first-order valence-electron chi connectivity index (χ1n) is 7.47. The van der Waals surface area contributed by atoms with Crippen LogP contribution in [-0.2, 0) is 6.18 Å². The Labute approximate surface area is 146 Å². The highest BCUT2D eigenvalue weighted by atomic mass is 19.4. The van der Waals surface area contributed by atoms with Crippen molar-refractivity contribution < 1.29 is 22.5 Å². The van der Waals surface area contributed by atoms with E-state index in [0.717, 1.165) is 11.3 Å². The largest absolute Gasteiger partial charge is 0.471 e. The molecule has 0 spiro atoms. The number of halogens is 3. The number of rotatable bonds is 4. The molecule has 134 valence electrons. The van der Waals surface area contributed by atoms with Crippen LogP contribution >= 0.6 is 0 Å². The quantitative estimate of drug-likeness (QED) is 0.690. The maximum Gasteiger partial charge on any atom is 0.471 e. The second-order valence-corrected chi connectivity index (χ2v) is 5.45. The summed E-state index contributed by atoms with van der Waals surface area (Å²) >= 11 is 0. The van der Waals surface area contributed by atoms with Gasteiger partial charge >= 0.3 is 12.1 Å². The van der Waals surface area contributed by atoms with Gasteiger partial charge in [0.05, 0.1) is 5.69 Å². The lowest BCUT2D eigenvalue weighted by atomic mass is 10.1. The predicted molar refractivity (Wildman–Crippen MR) is 87.0 cm³/mol. The molecule has 0 atom stereocenters. The second kappa shape index (κ2) is 6.87. The van der Waals surface area contributed by atoms with E-state index in [-0.39, 0.29) is 5.82 Å². The Morgan fingerprint density at radius 2 is 1.85 bits per heavy atom. The van der Waals surface area contributed by atoms with Gasteiger partial charge in [-0.3, -0.25) is 15.6 Å². The molecule has 1 aromatic heterocycles. The van der Waals surface area contributed by atoms with E-state index in [1.807, 2.05) is 25.1 Å². The molecule has 2 N–H and O–H groups in total. The zero-order chi connectivity index (χ0) is 18.7. The molecule has 2 aromatic carbocycles. The maximum absolute atomic E-state index is 12.5. The molecule has 0 aliphatic heterocycles. The number of hydrogen-bond acceptors (Lipinski definition) is 5. The molecule has 26 heavy (non-hydrogen) atoms. The van der Waals surface area contributed by atoms with Crippen molar-refractivity contribution in [1.82, 2.24) is 15.6 Å². The lowest BCUT2D eigenvalue weighted by Gasteiger charge is -2.09. The van der Waals surface area contributed by atoms with Crippen molar-refractivity contribution in [3.63, 3.8) is 0 Å². The third kappa shape index (κ3) is 4.00. The van der Waals surface area contributed by atoms with Gasteiger partial charge in [0.25, 0.3) is 5.91 Å². The molecule has 0 fully saturated rings. The number of hydrogen-bond donors (Lipinski definition) is 2. The van der Waals surface area contributed by atoms with Gasteiger partial charge in [-0.15, -0.1) is 0 Å². The monoisotopic (exact) mass is 362 g/mol. The van der Waals surface area contributed by atoms with E-state index in [1.54, 1.807) is 6.07 Å². The number of alkyl halides is 3. The molecule has 0 saturated carbocycles. The van der Waals surface area contributed by atoms with E-state index in [0.29, 0.717) is 11.1 Å². The fourth-order valence-corrected chi connectivity index (χ4v) is 2.15. The molecule has 6 nitrogen and oxygen atoms in total. The Balaban J connectivity index is 1.67. The molecule has 0 unspecified atom stereocenters. The zero-order valence-corrected chi connectivity index (χ0v) is 13.5. The third-order valence-electron chi connectivity index (χ3n) is 3.41. The van der Waals surface area contributed by atoms with Crippen molar-refractivity contribution in [3.05, 3.63) is 65.5 Å². The first-order valence-corrected chi connectivity index (χ1v) is 7.47. The SMILES string of the molecule is Cc1cccc(NNC(=O)c2ccc(-c3noc(C(F)(F)F)n3)cc2)c1. The molecular weight excluding hydrogens is 349 g/mol. The highest BCUT2D eigenvalue weighted by molar-refractivity contribution is 5.95. The summed E-state index contributed by atoms with van der Waals surface area (Å²) in [5, 5.41) is 3.29. The molecular formula is C17H13F3N4O2. The van der Waals surface area contributed by atoms with Crippen LogP contribution in [0, 0.1) is 6.92 Å². The minimum Gasteiger partial charge on any atom is -0.329 e. The van der Waals surface area contributed by atoms with Gasteiger partial charge in [0.1, 0.15) is 0 Å². The van der Waals surface area contributed by atoms with Crippen LogP contribution in [0.25, 0.3) is 11.4 Å². The molecule has 0 aliphatic rings. The molecule has 0 saturated heterocycles. The maximum atomic E-state index is 12.5. The minimum atomic E-state index is -4.70. The summed E-state index contributed by atoms with van der Waals surface area (Å²) < 4.78 is 41.6. The lowest BCUT2D eigenvalue weighted by molar-refractivity contribution is -0.159. The van der Waals surface area contributed by atoms with Crippen molar-refractivity contribution >= 4 is 11.6 Å². The van der Waals surface area contributed by atoms with E-state index in [1.165, 1.54) is 24.3 Å². The van der Waals surface area contributed by atoms with Crippen molar-refractivity contribution in [2.24, 2.45) is 0 Å². The minimum absolute atomic E-state index is 0.206. The van der Waals surface area contributed by atoms with E-state index < -0.39 is 18.0 Å². The standard InChI is InChI=1S/C17H13F3N4O2/c1-10-3-2-4-13(9-10)22-23-15(25)12-7-5-11(6-8-12)14-21-16(26-24-14)17(18,19)20/h2-9,22H,1H3,(H,23,25). The van der Waals surface area contributed by atoms with Gasteiger partial charge in [-0.1, -0.05) is 29.4 Å². The number of amides is 1. The summed E-state index contributed by atoms with van der Waals surface area (Å²) in [5.41, 5.74) is 7.69. The van der Waals surface area contributed by atoms with E-state index in [2.05, 4.69) is 25.5 Å². The molecule has 1 amide bonds. The topological polar surface area (TPSA) is 80.0 Å². The number of hydrazine groups is 1. The molecule has 3 aromatic rings. The molecule has 0 aliphatic carbocycles. The normalized spacial score (nSPS) is 11.2. The smallest absolute Gasteiger partial charge is 0.329 e. The Morgan fingerprint density at radius 3 is 2.46 bits per heavy atom. The number of aryl methyl sites for hydroxylation is 1. The van der Waals surface area contributed by atoms with Crippen LogP contribution in [0.2, 0.25) is 0 Å². The third-order valence-corrected chi connectivity index (χ3v) is 3.41. The van der Waals surface area contributed by atoms with Crippen molar-refractivity contribution in [3.8, 4) is 11.4 Å². The number of benzene rings is 2. The first-order chi connectivity index (χ1) is 12.3. The van der Waals surface area contributed by atoms with Gasteiger partial charge < -0.3 is 4.52 Å². The molecule has 0 radical (unpaired) electrons. The Bertz CT molecular complexity index is 920. The molecule has 0 bridgehead atoms. The van der Waals surface area contributed by atoms with Gasteiger partial charge in [0.2, 0.25) is 5.82 Å². The first kappa shape index (κ1) is 17.5. The number of carbonyl (C=O) groups excluding carboxylic acids is 1. The Morgan fingerprint density at radius 1 is 1.12 bits per heavy atom. The number of carbonyl (C=O) groups is 1. The summed E-state index contributed by atoms with van der Waals surface area (Å²) in [4.78, 5) is 15.4. The summed E-state index contributed by atoms with van der Waals surface area (Å²) in [6, 6.07) is 13.2. The van der Waals surface area contributed by atoms with E-state index >= 15 is 0 Å². The van der Waals surface area contributed by atoms with Crippen molar-refractivity contribution in [1.29, 1.82) is 0 Å². The van der Waals surface area contributed by atoms with Crippen LogP contribution < -0.4 is 10.9 Å². The second-order valence-electron chi connectivity index (χ2n) is 5.45. The van der Waals surface area contributed by atoms with Crippen molar-refractivity contribution in [2.45, 2.75) is 13.1 Å². The summed E-state index contributed by atoms with van der Waals surface area (Å²) in [7, 11) is 0. The summed E-state index contributed by atoms with van der Waals surface area (Å²) in [6.07, 6.45) is -4.70. The van der Waals surface area contributed by atoms with Gasteiger partial charge in [0, 0.05) is 11.1 Å². The number of nitrogens with one attached hydrogen (secondary N) is 2. The highest BCUT2D eigenvalue weighted by Gasteiger charge is 2.38. The lowest BCUT2D eigenvalue weighted by Crippen LogP contribution is -2.29. The summed E-state index contributed by atoms with van der Waals surface area (Å²) in [5.74, 6) is -2.03. The number of aromatic nitrogens is 2. The molecule has 3 rings (SSSR count). The van der Waals surface area contributed by atoms with Crippen LogP contribution in [0.15, 0.2) is 53.1 Å². The highest BCUT2D eigenvalue weighted by Crippen LogP contribution is 2.29. The Hall–Kier alpha value is -3.36.